The quantitative estimate of drug-likeness (QED) is 0.850. The summed E-state index contributed by atoms with van der Waals surface area (Å²) in [5.41, 5.74) is 2.14. The van der Waals surface area contributed by atoms with Crippen LogP contribution in [0.3, 0.4) is 0 Å². The third-order valence-electron chi connectivity index (χ3n) is 4.53. The van der Waals surface area contributed by atoms with Crippen LogP contribution in [0.4, 0.5) is 5.69 Å². The number of rotatable bonds is 3. The Morgan fingerprint density at radius 2 is 2.09 bits per heavy atom. The zero-order chi connectivity index (χ0) is 15.8. The van der Waals surface area contributed by atoms with E-state index >= 15 is 0 Å². The largest absolute Gasteiger partial charge is 0.365 e. The normalized spacial score (nSPS) is 24.9. The lowest BCUT2D eigenvalue weighted by molar-refractivity contribution is -0.130. The van der Waals surface area contributed by atoms with Gasteiger partial charge in [-0.1, -0.05) is 18.2 Å². The van der Waals surface area contributed by atoms with Crippen LogP contribution in [0, 0.1) is 0 Å². The van der Waals surface area contributed by atoms with E-state index in [1.807, 2.05) is 59.4 Å². The van der Waals surface area contributed by atoms with Crippen molar-refractivity contribution in [1.29, 1.82) is 0 Å². The lowest BCUT2D eigenvalue weighted by atomic mass is 10.1. The van der Waals surface area contributed by atoms with Gasteiger partial charge in [-0.15, -0.1) is 0 Å². The lowest BCUT2D eigenvalue weighted by Gasteiger charge is -2.36. The summed E-state index contributed by atoms with van der Waals surface area (Å²) in [5, 5.41) is 4.22. The summed E-state index contributed by atoms with van der Waals surface area (Å²) >= 11 is 0. The molecular formula is C17H20N4O2. The number of fused-ring (bicyclic) bond motifs is 1. The minimum Gasteiger partial charge on any atom is -0.365 e. The van der Waals surface area contributed by atoms with Gasteiger partial charge in [0.2, 0.25) is 0 Å². The van der Waals surface area contributed by atoms with Gasteiger partial charge in [-0.2, -0.15) is 5.10 Å². The Hall–Kier alpha value is -2.18. The van der Waals surface area contributed by atoms with E-state index in [-0.39, 0.29) is 24.7 Å². The highest BCUT2D eigenvalue weighted by Gasteiger charge is 2.43. The summed E-state index contributed by atoms with van der Waals surface area (Å²) < 4.78 is 7.60. The number of ether oxygens (including phenoxy) is 1. The molecule has 0 N–H and O–H groups in total. The second-order valence-electron chi connectivity index (χ2n) is 6.23. The fourth-order valence-electron chi connectivity index (χ4n) is 3.54. The Kier molecular flexibility index (Phi) is 3.63. The van der Waals surface area contributed by atoms with E-state index in [1.54, 1.807) is 0 Å². The van der Waals surface area contributed by atoms with Crippen molar-refractivity contribution in [2.75, 3.05) is 24.6 Å². The number of aryl methyl sites for hydroxylation is 1. The Balaban J connectivity index is 1.53. The molecule has 2 fully saturated rings. The van der Waals surface area contributed by atoms with Crippen molar-refractivity contribution >= 4 is 11.6 Å². The molecule has 120 valence electrons. The van der Waals surface area contributed by atoms with Gasteiger partial charge in [0, 0.05) is 44.1 Å². The number of nitrogens with zero attached hydrogens (tertiary/aromatic N) is 4. The molecule has 2 aliphatic heterocycles. The van der Waals surface area contributed by atoms with Crippen molar-refractivity contribution in [2.24, 2.45) is 7.05 Å². The number of carbonyl (C=O) groups is 1. The Morgan fingerprint density at radius 3 is 2.83 bits per heavy atom. The molecule has 0 bridgehead atoms. The van der Waals surface area contributed by atoms with Crippen molar-refractivity contribution < 1.29 is 9.53 Å². The van der Waals surface area contributed by atoms with Crippen LogP contribution in [0.2, 0.25) is 0 Å². The molecule has 1 aromatic heterocycles. The van der Waals surface area contributed by atoms with Gasteiger partial charge in [0.15, 0.2) is 0 Å². The number of likely N-dealkylation sites (tertiary alicyclic amines) is 1. The minimum atomic E-state index is 0.0423. The van der Waals surface area contributed by atoms with Crippen LogP contribution < -0.4 is 4.90 Å². The standard InChI is InChI=1S/C17H20N4O2/c1-19-8-13(7-18-19)9-20-10-15-16(11-20)23-12-17(22)21(15)14-5-3-2-4-6-14/h2-8,15-16H,9-12H2,1H3/t15-,16+/m0/s1. The van der Waals surface area contributed by atoms with E-state index in [0.717, 1.165) is 25.3 Å². The van der Waals surface area contributed by atoms with Gasteiger partial charge in [0.25, 0.3) is 5.91 Å². The van der Waals surface area contributed by atoms with Crippen molar-refractivity contribution in [1.82, 2.24) is 14.7 Å². The van der Waals surface area contributed by atoms with E-state index in [9.17, 15) is 4.79 Å². The SMILES string of the molecule is Cn1cc(CN2C[C@H]3OCC(=O)N(c4ccccc4)[C@H]3C2)cn1. The van der Waals surface area contributed by atoms with Crippen LogP contribution in [0.1, 0.15) is 5.56 Å². The van der Waals surface area contributed by atoms with Crippen molar-refractivity contribution in [3.8, 4) is 0 Å². The fourth-order valence-corrected chi connectivity index (χ4v) is 3.54. The zero-order valence-electron chi connectivity index (χ0n) is 13.1. The number of para-hydroxylation sites is 1. The minimum absolute atomic E-state index is 0.0423. The summed E-state index contributed by atoms with van der Waals surface area (Å²) in [5.74, 6) is 0.0423. The fraction of sp³-hybridized carbons (Fsp3) is 0.412. The summed E-state index contributed by atoms with van der Waals surface area (Å²) in [7, 11) is 1.92. The van der Waals surface area contributed by atoms with E-state index in [0.29, 0.717) is 0 Å². The predicted octanol–water partition coefficient (Wildman–Crippen LogP) is 1.04. The highest BCUT2D eigenvalue weighted by molar-refractivity contribution is 5.95. The third-order valence-corrected chi connectivity index (χ3v) is 4.53. The van der Waals surface area contributed by atoms with Gasteiger partial charge < -0.3 is 9.64 Å². The van der Waals surface area contributed by atoms with Gasteiger partial charge >= 0.3 is 0 Å². The topological polar surface area (TPSA) is 50.6 Å². The van der Waals surface area contributed by atoms with Gasteiger partial charge in [-0.25, -0.2) is 0 Å². The van der Waals surface area contributed by atoms with E-state index in [4.69, 9.17) is 4.74 Å². The Labute approximate surface area is 135 Å². The van der Waals surface area contributed by atoms with E-state index < -0.39 is 0 Å². The highest BCUT2D eigenvalue weighted by Crippen LogP contribution is 2.29. The van der Waals surface area contributed by atoms with Crippen LogP contribution in [0.15, 0.2) is 42.7 Å². The molecule has 6 heteroatoms. The number of hydrogen-bond donors (Lipinski definition) is 0. The lowest BCUT2D eigenvalue weighted by Crippen LogP contribution is -2.54. The molecule has 0 radical (unpaired) electrons. The summed E-state index contributed by atoms with van der Waals surface area (Å²) in [6, 6.07) is 9.96. The van der Waals surface area contributed by atoms with Gasteiger partial charge in [-0.3, -0.25) is 14.4 Å². The zero-order valence-corrected chi connectivity index (χ0v) is 13.1. The molecule has 2 aromatic rings. The number of morpholine rings is 1. The maximum atomic E-state index is 12.4. The van der Waals surface area contributed by atoms with Gasteiger partial charge in [0.1, 0.15) is 6.61 Å². The number of benzene rings is 1. The molecule has 23 heavy (non-hydrogen) atoms. The molecule has 2 aliphatic rings. The van der Waals surface area contributed by atoms with Crippen molar-refractivity contribution in [3.63, 3.8) is 0 Å². The monoisotopic (exact) mass is 312 g/mol. The molecule has 2 atom stereocenters. The average molecular weight is 312 g/mol. The molecule has 1 aromatic carbocycles. The molecule has 6 nitrogen and oxygen atoms in total. The summed E-state index contributed by atoms with van der Waals surface area (Å²) in [4.78, 5) is 16.6. The molecule has 1 amide bonds. The van der Waals surface area contributed by atoms with Crippen LogP contribution in [-0.4, -0.2) is 52.4 Å². The first kappa shape index (κ1) is 14.4. The highest BCUT2D eigenvalue weighted by atomic mass is 16.5. The number of amides is 1. The number of anilines is 1. The van der Waals surface area contributed by atoms with Crippen LogP contribution in [0.25, 0.3) is 0 Å². The van der Waals surface area contributed by atoms with E-state index in [2.05, 4.69) is 10.00 Å². The third kappa shape index (κ3) is 2.75. The second-order valence-corrected chi connectivity index (χ2v) is 6.23. The first-order valence-corrected chi connectivity index (χ1v) is 7.89. The van der Waals surface area contributed by atoms with Gasteiger partial charge in [0.05, 0.1) is 18.3 Å². The van der Waals surface area contributed by atoms with E-state index in [1.165, 1.54) is 5.56 Å². The molecule has 2 saturated heterocycles. The van der Waals surface area contributed by atoms with Crippen molar-refractivity contribution in [2.45, 2.75) is 18.7 Å². The summed E-state index contributed by atoms with van der Waals surface area (Å²) in [6.45, 7) is 2.66. The molecule has 0 saturated carbocycles. The predicted molar refractivity (Wildman–Crippen MR) is 85.9 cm³/mol. The first-order chi connectivity index (χ1) is 11.2. The molecule has 4 rings (SSSR count). The Bertz CT molecular complexity index is 700. The molecule has 0 spiro atoms. The number of hydrogen-bond acceptors (Lipinski definition) is 4. The smallest absolute Gasteiger partial charge is 0.253 e. The van der Waals surface area contributed by atoms with Crippen LogP contribution in [0.5, 0.6) is 0 Å². The number of carbonyl (C=O) groups excluding carboxylic acids is 1. The maximum absolute atomic E-state index is 12.4. The average Bonchev–Trinajstić information content (AvgIpc) is 3.14. The van der Waals surface area contributed by atoms with Crippen LogP contribution in [-0.2, 0) is 23.1 Å². The number of aromatic nitrogens is 2. The molecular weight excluding hydrogens is 292 g/mol. The maximum Gasteiger partial charge on any atom is 0.253 e. The Morgan fingerprint density at radius 1 is 1.26 bits per heavy atom. The van der Waals surface area contributed by atoms with Crippen molar-refractivity contribution in [3.05, 3.63) is 48.3 Å². The molecule has 0 aliphatic carbocycles. The second kappa shape index (κ2) is 5.79. The van der Waals surface area contributed by atoms with Gasteiger partial charge in [-0.05, 0) is 12.1 Å². The molecule has 0 unspecified atom stereocenters. The summed E-state index contributed by atoms with van der Waals surface area (Å²) in [6.07, 6.45) is 4.00. The molecule has 3 heterocycles. The van der Waals surface area contributed by atoms with Crippen LogP contribution >= 0.6 is 0 Å². The first-order valence-electron chi connectivity index (χ1n) is 7.89.